The van der Waals surface area contributed by atoms with Gasteiger partial charge in [-0.05, 0) is 37.2 Å². The lowest BCUT2D eigenvalue weighted by Crippen LogP contribution is -2.51. The Morgan fingerprint density at radius 2 is 1.93 bits per heavy atom. The van der Waals surface area contributed by atoms with Crippen LogP contribution in [-0.2, 0) is 11.3 Å². The van der Waals surface area contributed by atoms with E-state index in [9.17, 15) is 5.11 Å². The summed E-state index contributed by atoms with van der Waals surface area (Å²) in [6.45, 7) is 10.4. The number of hydrogen-bond acceptors (Lipinski definition) is 5. The molecule has 2 saturated heterocycles. The molecule has 0 unspecified atom stereocenters. The zero-order chi connectivity index (χ0) is 18.7. The van der Waals surface area contributed by atoms with Crippen molar-refractivity contribution >= 4 is 0 Å². The fourth-order valence-corrected chi connectivity index (χ4v) is 4.68. The van der Waals surface area contributed by atoms with Crippen LogP contribution >= 0.6 is 0 Å². The van der Waals surface area contributed by atoms with E-state index in [0.29, 0.717) is 11.8 Å². The average molecular weight is 375 g/mol. The van der Waals surface area contributed by atoms with Crippen LogP contribution in [0.5, 0.6) is 5.75 Å². The maximum absolute atomic E-state index is 11.0. The highest BCUT2D eigenvalue weighted by Crippen LogP contribution is 2.47. The van der Waals surface area contributed by atoms with E-state index >= 15 is 0 Å². The van der Waals surface area contributed by atoms with Gasteiger partial charge in [0.15, 0.2) is 0 Å². The predicted octanol–water partition coefficient (Wildman–Crippen LogP) is 2.38. The number of likely N-dealkylation sites (tertiary alicyclic amines) is 1. The molecule has 5 heteroatoms. The minimum absolute atomic E-state index is 0.341. The van der Waals surface area contributed by atoms with Gasteiger partial charge >= 0.3 is 0 Å². The maximum Gasteiger partial charge on any atom is 0.123 e. The molecule has 1 saturated carbocycles. The highest BCUT2D eigenvalue weighted by molar-refractivity contribution is 5.33. The van der Waals surface area contributed by atoms with E-state index in [1.807, 2.05) is 0 Å². The van der Waals surface area contributed by atoms with E-state index in [1.165, 1.54) is 18.4 Å². The van der Waals surface area contributed by atoms with Gasteiger partial charge in [0, 0.05) is 44.8 Å². The molecule has 3 fully saturated rings. The second kappa shape index (κ2) is 8.48. The number of morpholine rings is 1. The van der Waals surface area contributed by atoms with Gasteiger partial charge in [0.05, 0.1) is 18.8 Å². The van der Waals surface area contributed by atoms with Crippen LogP contribution in [0.4, 0.5) is 0 Å². The molecule has 1 aromatic carbocycles. The molecule has 0 aromatic heterocycles. The number of nitrogens with zero attached hydrogens (tertiary/aromatic N) is 2. The number of aliphatic hydroxyl groups is 1. The smallest absolute Gasteiger partial charge is 0.123 e. The molecule has 3 aliphatic rings. The molecular weight excluding hydrogens is 340 g/mol. The molecule has 0 radical (unpaired) electrons. The summed E-state index contributed by atoms with van der Waals surface area (Å²) in [7, 11) is 0. The van der Waals surface area contributed by atoms with Crippen molar-refractivity contribution in [2.45, 2.75) is 38.3 Å². The first-order chi connectivity index (χ1) is 13.1. The van der Waals surface area contributed by atoms with Crippen LogP contribution in [0.2, 0.25) is 0 Å². The SMILES string of the molecule is C[C@H]1CN(Cc2ccccc2OCCN2CCOCC2)CC[C@]1(O)C1CC1. The highest BCUT2D eigenvalue weighted by atomic mass is 16.5. The van der Waals surface area contributed by atoms with Gasteiger partial charge in [-0.3, -0.25) is 9.80 Å². The van der Waals surface area contributed by atoms with Gasteiger partial charge in [-0.25, -0.2) is 0 Å². The second-order valence-corrected chi connectivity index (χ2v) is 8.56. The molecule has 4 rings (SSSR count). The van der Waals surface area contributed by atoms with Crippen LogP contribution in [0.1, 0.15) is 31.7 Å². The number of piperidine rings is 1. The van der Waals surface area contributed by atoms with E-state index < -0.39 is 5.60 Å². The summed E-state index contributed by atoms with van der Waals surface area (Å²) < 4.78 is 11.5. The number of rotatable bonds is 7. The van der Waals surface area contributed by atoms with Crippen LogP contribution in [0.15, 0.2) is 24.3 Å². The van der Waals surface area contributed by atoms with Crippen molar-refractivity contribution in [3.8, 4) is 5.75 Å². The van der Waals surface area contributed by atoms with Gasteiger partial charge in [0.2, 0.25) is 0 Å². The Morgan fingerprint density at radius 1 is 1.15 bits per heavy atom. The normalized spacial score (nSPS) is 30.4. The molecular formula is C22H34N2O3. The molecule has 0 bridgehead atoms. The number of ether oxygens (including phenoxy) is 2. The summed E-state index contributed by atoms with van der Waals surface area (Å²) in [6, 6.07) is 8.41. The monoisotopic (exact) mass is 374 g/mol. The molecule has 1 aliphatic carbocycles. The first kappa shape index (κ1) is 19.2. The Kier molecular flexibility index (Phi) is 6.02. The zero-order valence-corrected chi connectivity index (χ0v) is 16.6. The van der Waals surface area contributed by atoms with E-state index in [4.69, 9.17) is 9.47 Å². The first-order valence-electron chi connectivity index (χ1n) is 10.6. The number of para-hydroxylation sites is 1. The summed E-state index contributed by atoms with van der Waals surface area (Å²) in [5, 5.41) is 11.0. The molecule has 1 aromatic rings. The third-order valence-electron chi connectivity index (χ3n) is 6.63. The summed E-state index contributed by atoms with van der Waals surface area (Å²) in [6.07, 6.45) is 3.32. The summed E-state index contributed by atoms with van der Waals surface area (Å²) >= 11 is 0. The first-order valence-corrected chi connectivity index (χ1v) is 10.6. The molecule has 1 N–H and O–H groups in total. The van der Waals surface area contributed by atoms with E-state index in [0.717, 1.165) is 71.3 Å². The quantitative estimate of drug-likeness (QED) is 0.794. The topological polar surface area (TPSA) is 45.2 Å². The van der Waals surface area contributed by atoms with E-state index in [-0.39, 0.29) is 0 Å². The summed E-state index contributed by atoms with van der Waals surface area (Å²) in [5.41, 5.74) is 0.827. The highest BCUT2D eigenvalue weighted by Gasteiger charge is 2.49. The molecule has 27 heavy (non-hydrogen) atoms. The third-order valence-corrected chi connectivity index (χ3v) is 6.63. The van der Waals surface area contributed by atoms with Crippen molar-refractivity contribution in [2.24, 2.45) is 11.8 Å². The average Bonchev–Trinajstić information content (AvgIpc) is 3.53. The Bertz CT molecular complexity index is 615. The van der Waals surface area contributed by atoms with Crippen molar-refractivity contribution < 1.29 is 14.6 Å². The fraction of sp³-hybridized carbons (Fsp3) is 0.727. The lowest BCUT2D eigenvalue weighted by atomic mass is 9.78. The fourth-order valence-electron chi connectivity index (χ4n) is 4.68. The summed E-state index contributed by atoms with van der Waals surface area (Å²) in [4.78, 5) is 4.88. The molecule has 2 aliphatic heterocycles. The van der Waals surface area contributed by atoms with Gasteiger partial charge in [-0.15, -0.1) is 0 Å². The molecule has 150 valence electrons. The van der Waals surface area contributed by atoms with Gasteiger partial charge in [0.25, 0.3) is 0 Å². The Balaban J connectivity index is 1.30. The van der Waals surface area contributed by atoms with Crippen molar-refractivity contribution in [1.82, 2.24) is 9.80 Å². The molecule has 2 heterocycles. The van der Waals surface area contributed by atoms with Crippen LogP contribution in [-0.4, -0.2) is 73.1 Å². The summed E-state index contributed by atoms with van der Waals surface area (Å²) in [5.74, 6) is 1.89. The van der Waals surface area contributed by atoms with E-state index in [2.05, 4.69) is 41.0 Å². The molecule has 2 atom stereocenters. The van der Waals surface area contributed by atoms with Crippen molar-refractivity contribution in [3.63, 3.8) is 0 Å². The zero-order valence-electron chi connectivity index (χ0n) is 16.6. The Morgan fingerprint density at radius 3 is 2.67 bits per heavy atom. The maximum atomic E-state index is 11.0. The van der Waals surface area contributed by atoms with Crippen LogP contribution in [0, 0.1) is 11.8 Å². The van der Waals surface area contributed by atoms with Crippen LogP contribution in [0.3, 0.4) is 0 Å². The van der Waals surface area contributed by atoms with Gasteiger partial charge in [0.1, 0.15) is 12.4 Å². The molecule has 0 spiro atoms. The van der Waals surface area contributed by atoms with Gasteiger partial charge in [-0.2, -0.15) is 0 Å². The van der Waals surface area contributed by atoms with E-state index in [1.54, 1.807) is 0 Å². The Hall–Kier alpha value is -1.14. The Labute approximate surface area is 163 Å². The minimum Gasteiger partial charge on any atom is -0.492 e. The number of benzene rings is 1. The lowest BCUT2D eigenvalue weighted by molar-refractivity contribution is -0.0833. The molecule has 0 amide bonds. The standard InChI is InChI=1S/C22H34N2O3/c1-18-16-24(9-8-22(18,25)20-6-7-20)17-19-4-2-3-5-21(19)27-15-12-23-10-13-26-14-11-23/h2-5,18,20,25H,6-17H2,1H3/t18-,22+/m0/s1. The minimum atomic E-state index is -0.426. The van der Waals surface area contributed by atoms with Crippen molar-refractivity contribution in [1.29, 1.82) is 0 Å². The third kappa shape index (κ3) is 4.65. The van der Waals surface area contributed by atoms with Crippen LogP contribution in [0.25, 0.3) is 0 Å². The predicted molar refractivity (Wildman–Crippen MR) is 106 cm³/mol. The lowest BCUT2D eigenvalue weighted by Gasteiger charge is -2.43. The second-order valence-electron chi connectivity index (χ2n) is 8.56. The van der Waals surface area contributed by atoms with Crippen molar-refractivity contribution in [3.05, 3.63) is 29.8 Å². The largest absolute Gasteiger partial charge is 0.492 e. The van der Waals surface area contributed by atoms with Crippen molar-refractivity contribution in [2.75, 3.05) is 52.5 Å². The molecule has 5 nitrogen and oxygen atoms in total. The number of hydrogen-bond donors (Lipinski definition) is 1. The van der Waals surface area contributed by atoms with Gasteiger partial charge in [-0.1, -0.05) is 25.1 Å². The van der Waals surface area contributed by atoms with Gasteiger partial charge < -0.3 is 14.6 Å². The van der Waals surface area contributed by atoms with Crippen LogP contribution < -0.4 is 4.74 Å².